The molecule has 0 fully saturated rings. The summed E-state index contributed by atoms with van der Waals surface area (Å²) in [7, 11) is 2.83. The fraction of sp³-hybridized carbons (Fsp3) is 0.231. The summed E-state index contributed by atoms with van der Waals surface area (Å²) in [6.45, 7) is 0.292. The summed E-state index contributed by atoms with van der Waals surface area (Å²) < 4.78 is 2.03. The molecule has 0 unspecified atom stereocenters. The third-order valence-corrected chi connectivity index (χ3v) is 2.98. The van der Waals surface area contributed by atoms with Gasteiger partial charge in [0.1, 0.15) is 0 Å². The van der Waals surface area contributed by atoms with Gasteiger partial charge in [0.25, 0.3) is 5.56 Å². The van der Waals surface area contributed by atoms with E-state index in [1.807, 2.05) is 0 Å². The van der Waals surface area contributed by atoms with Crippen molar-refractivity contribution in [3.05, 3.63) is 56.2 Å². The fourth-order valence-electron chi connectivity index (χ4n) is 1.76. The first-order chi connectivity index (χ1) is 9.90. The van der Waals surface area contributed by atoms with Gasteiger partial charge in [-0.1, -0.05) is 12.1 Å². The number of carboxylic acids is 1. The maximum atomic E-state index is 11.9. The lowest BCUT2D eigenvalue weighted by Crippen LogP contribution is -2.39. The van der Waals surface area contributed by atoms with Crippen LogP contribution < -0.4 is 16.6 Å². The maximum absolute atomic E-state index is 11.9. The number of aromatic nitrogens is 3. The molecule has 2 rings (SSSR count). The van der Waals surface area contributed by atoms with Crippen LogP contribution in [0, 0.1) is 0 Å². The molecule has 110 valence electrons. The van der Waals surface area contributed by atoms with Gasteiger partial charge in [0, 0.05) is 20.6 Å². The summed E-state index contributed by atoms with van der Waals surface area (Å²) >= 11 is 0. The van der Waals surface area contributed by atoms with E-state index in [1.165, 1.54) is 26.2 Å². The third-order valence-electron chi connectivity index (χ3n) is 2.98. The number of aromatic carboxylic acids is 1. The van der Waals surface area contributed by atoms with E-state index in [9.17, 15) is 14.4 Å². The lowest BCUT2D eigenvalue weighted by Gasteiger charge is -2.08. The summed E-state index contributed by atoms with van der Waals surface area (Å²) in [6, 6.07) is 6.24. The molecule has 0 aliphatic carbocycles. The van der Waals surface area contributed by atoms with E-state index in [-0.39, 0.29) is 11.4 Å². The first-order valence-electron chi connectivity index (χ1n) is 6.10. The molecule has 0 spiro atoms. The van der Waals surface area contributed by atoms with Crippen LogP contribution in [0.25, 0.3) is 0 Å². The molecule has 0 aliphatic heterocycles. The second-order valence-corrected chi connectivity index (χ2v) is 4.47. The van der Waals surface area contributed by atoms with Gasteiger partial charge in [0.15, 0.2) is 0 Å². The highest BCUT2D eigenvalue weighted by Gasteiger charge is 2.08. The number of hydrogen-bond donors (Lipinski definition) is 2. The number of anilines is 1. The Labute approximate surface area is 119 Å². The van der Waals surface area contributed by atoms with Crippen LogP contribution >= 0.6 is 0 Å². The van der Waals surface area contributed by atoms with E-state index < -0.39 is 17.2 Å². The predicted octanol–water partition coefficient (Wildman–Crippen LogP) is -0.211. The van der Waals surface area contributed by atoms with Crippen molar-refractivity contribution in [2.24, 2.45) is 14.1 Å². The van der Waals surface area contributed by atoms with Gasteiger partial charge in [-0.25, -0.2) is 14.3 Å². The summed E-state index contributed by atoms with van der Waals surface area (Å²) in [5.41, 5.74) is -0.0378. The first kappa shape index (κ1) is 14.5. The number of nitrogens with one attached hydrogen (secondary N) is 1. The zero-order valence-corrected chi connectivity index (χ0v) is 11.5. The monoisotopic (exact) mass is 290 g/mol. The van der Waals surface area contributed by atoms with E-state index in [0.29, 0.717) is 6.54 Å². The molecule has 8 heteroatoms. The minimum atomic E-state index is -0.997. The summed E-state index contributed by atoms with van der Waals surface area (Å²) in [5, 5.41) is 15.5. The van der Waals surface area contributed by atoms with Gasteiger partial charge >= 0.3 is 11.7 Å². The molecule has 1 heterocycles. The number of rotatable bonds is 4. The van der Waals surface area contributed by atoms with Crippen LogP contribution in [-0.2, 0) is 20.6 Å². The van der Waals surface area contributed by atoms with Crippen molar-refractivity contribution < 1.29 is 9.90 Å². The molecule has 0 saturated heterocycles. The predicted molar refractivity (Wildman–Crippen MR) is 75.4 cm³/mol. The van der Waals surface area contributed by atoms with Gasteiger partial charge in [-0.2, -0.15) is 0 Å². The SMILES string of the molecule is Cn1nc(NCc2ccc(C(=O)O)cc2)c(=O)n(C)c1=O. The Morgan fingerprint density at radius 1 is 1.24 bits per heavy atom. The Kier molecular flexibility index (Phi) is 3.88. The molecule has 21 heavy (non-hydrogen) atoms. The van der Waals surface area contributed by atoms with E-state index in [4.69, 9.17) is 5.11 Å². The largest absolute Gasteiger partial charge is 0.478 e. The average Bonchev–Trinajstić information content (AvgIpc) is 2.48. The Morgan fingerprint density at radius 3 is 2.43 bits per heavy atom. The van der Waals surface area contributed by atoms with Gasteiger partial charge in [0.2, 0.25) is 5.82 Å². The number of aryl methyl sites for hydroxylation is 1. The molecular formula is C13H14N4O4. The first-order valence-corrected chi connectivity index (χ1v) is 6.10. The van der Waals surface area contributed by atoms with Crippen molar-refractivity contribution in [1.82, 2.24) is 14.3 Å². The fourth-order valence-corrected chi connectivity index (χ4v) is 1.76. The molecule has 0 bridgehead atoms. The molecule has 8 nitrogen and oxygen atoms in total. The Balaban J connectivity index is 2.19. The van der Waals surface area contributed by atoms with Gasteiger partial charge < -0.3 is 10.4 Å². The minimum absolute atomic E-state index is 0.0573. The molecule has 2 aromatic rings. The number of benzene rings is 1. The van der Waals surface area contributed by atoms with Crippen LogP contribution in [0.15, 0.2) is 33.9 Å². The van der Waals surface area contributed by atoms with Crippen molar-refractivity contribution in [1.29, 1.82) is 0 Å². The molecule has 0 atom stereocenters. The standard InChI is InChI=1S/C13H14N4O4/c1-16-11(18)10(15-17(2)13(16)21)14-7-8-3-5-9(6-4-8)12(19)20/h3-6H,7H2,1-2H3,(H,14,15)(H,19,20). The van der Waals surface area contributed by atoms with E-state index in [2.05, 4.69) is 10.4 Å². The average molecular weight is 290 g/mol. The van der Waals surface area contributed by atoms with Crippen molar-refractivity contribution >= 4 is 11.8 Å². The maximum Gasteiger partial charge on any atom is 0.346 e. The van der Waals surface area contributed by atoms with Gasteiger partial charge in [0.05, 0.1) is 5.56 Å². The lowest BCUT2D eigenvalue weighted by atomic mass is 10.1. The number of hydrogen-bond acceptors (Lipinski definition) is 5. The lowest BCUT2D eigenvalue weighted by molar-refractivity contribution is 0.0697. The van der Waals surface area contributed by atoms with Crippen molar-refractivity contribution in [2.75, 3.05) is 5.32 Å². The van der Waals surface area contributed by atoms with Crippen molar-refractivity contribution in [3.63, 3.8) is 0 Å². The number of nitrogens with zero attached hydrogens (tertiary/aromatic N) is 3. The minimum Gasteiger partial charge on any atom is -0.478 e. The third kappa shape index (κ3) is 2.99. The molecule has 0 radical (unpaired) electrons. The van der Waals surface area contributed by atoms with Gasteiger partial charge in [-0.15, -0.1) is 5.10 Å². The smallest absolute Gasteiger partial charge is 0.346 e. The van der Waals surface area contributed by atoms with Crippen molar-refractivity contribution in [2.45, 2.75) is 6.54 Å². The second kappa shape index (κ2) is 5.61. The molecule has 1 aromatic heterocycles. The molecular weight excluding hydrogens is 276 g/mol. The number of carbonyl (C=O) groups is 1. The van der Waals surface area contributed by atoms with Crippen LogP contribution in [0.5, 0.6) is 0 Å². The topological polar surface area (TPSA) is 106 Å². The van der Waals surface area contributed by atoms with Crippen LogP contribution in [0.3, 0.4) is 0 Å². The Bertz CT molecular complexity index is 789. The zero-order chi connectivity index (χ0) is 15.6. The van der Waals surface area contributed by atoms with Crippen LogP contribution in [0.1, 0.15) is 15.9 Å². The Morgan fingerprint density at radius 2 is 1.86 bits per heavy atom. The van der Waals surface area contributed by atoms with E-state index in [0.717, 1.165) is 14.8 Å². The second-order valence-electron chi connectivity index (χ2n) is 4.47. The van der Waals surface area contributed by atoms with E-state index in [1.54, 1.807) is 12.1 Å². The summed E-state index contributed by atoms with van der Waals surface area (Å²) in [5.74, 6) is -0.940. The quantitative estimate of drug-likeness (QED) is 0.807. The zero-order valence-electron chi connectivity index (χ0n) is 11.5. The highest BCUT2D eigenvalue weighted by Crippen LogP contribution is 2.05. The molecule has 1 aromatic carbocycles. The Hall–Kier alpha value is -2.90. The van der Waals surface area contributed by atoms with Crippen LogP contribution in [0.4, 0.5) is 5.82 Å². The molecule has 2 N–H and O–H groups in total. The highest BCUT2D eigenvalue weighted by molar-refractivity contribution is 5.87. The van der Waals surface area contributed by atoms with E-state index >= 15 is 0 Å². The summed E-state index contributed by atoms with van der Waals surface area (Å²) in [4.78, 5) is 34.1. The van der Waals surface area contributed by atoms with Crippen molar-refractivity contribution in [3.8, 4) is 0 Å². The van der Waals surface area contributed by atoms with Gasteiger partial charge in [-0.3, -0.25) is 9.36 Å². The normalized spacial score (nSPS) is 10.4. The van der Waals surface area contributed by atoms with Gasteiger partial charge in [-0.05, 0) is 17.7 Å². The molecule has 0 aliphatic rings. The molecule has 0 saturated carbocycles. The molecule has 0 amide bonds. The summed E-state index contributed by atoms with van der Waals surface area (Å²) in [6.07, 6.45) is 0. The van der Waals surface area contributed by atoms with Crippen LogP contribution in [-0.4, -0.2) is 25.4 Å². The number of carboxylic acid groups (broad SMARTS) is 1. The highest BCUT2D eigenvalue weighted by atomic mass is 16.4. The van der Waals surface area contributed by atoms with Crippen LogP contribution in [0.2, 0.25) is 0 Å².